The first-order chi connectivity index (χ1) is 9.06. The van der Waals surface area contributed by atoms with Gasteiger partial charge in [0.15, 0.2) is 0 Å². The van der Waals surface area contributed by atoms with E-state index in [1.807, 2.05) is 0 Å². The molecule has 0 aliphatic rings. The minimum Gasteiger partial charge on any atom is -0.321 e. The van der Waals surface area contributed by atoms with Gasteiger partial charge in [-0.3, -0.25) is 14.9 Å². The number of rotatable bonds is 3. The highest BCUT2D eigenvalue weighted by Gasteiger charge is 2.09. The topological polar surface area (TPSA) is 85.1 Å². The number of pyridine rings is 1. The van der Waals surface area contributed by atoms with Crippen molar-refractivity contribution in [1.82, 2.24) is 4.98 Å². The molecule has 0 saturated heterocycles. The molecule has 0 saturated carbocycles. The van der Waals surface area contributed by atoms with Gasteiger partial charge in [-0.2, -0.15) is 0 Å². The monoisotopic (exact) mass is 277 g/mol. The fourth-order valence-electron chi connectivity index (χ4n) is 1.40. The Hall–Kier alpha value is -2.47. The van der Waals surface area contributed by atoms with Crippen LogP contribution in [-0.2, 0) is 0 Å². The number of nitro benzene ring substituents is 1. The Labute approximate surface area is 113 Å². The molecule has 0 unspecified atom stereocenters. The van der Waals surface area contributed by atoms with Gasteiger partial charge in [-0.15, -0.1) is 0 Å². The van der Waals surface area contributed by atoms with Crippen molar-refractivity contribution < 1.29 is 9.72 Å². The minimum absolute atomic E-state index is 0.0427. The number of hydrogen-bond donors (Lipinski definition) is 1. The van der Waals surface area contributed by atoms with Crippen LogP contribution >= 0.6 is 11.6 Å². The summed E-state index contributed by atoms with van der Waals surface area (Å²) in [4.78, 5) is 25.7. The molecule has 96 valence electrons. The molecule has 0 aliphatic heterocycles. The van der Waals surface area contributed by atoms with Crippen molar-refractivity contribution in [2.45, 2.75) is 0 Å². The molecule has 1 N–H and O–H groups in total. The van der Waals surface area contributed by atoms with Crippen LogP contribution < -0.4 is 5.32 Å². The van der Waals surface area contributed by atoms with E-state index < -0.39 is 10.8 Å². The zero-order chi connectivity index (χ0) is 13.8. The van der Waals surface area contributed by atoms with Crippen molar-refractivity contribution in [3.63, 3.8) is 0 Å². The summed E-state index contributed by atoms with van der Waals surface area (Å²) >= 11 is 5.68. The quantitative estimate of drug-likeness (QED) is 0.531. The molecular formula is C12H8ClN3O3. The van der Waals surface area contributed by atoms with Crippen molar-refractivity contribution in [2.24, 2.45) is 0 Å². The zero-order valence-electron chi connectivity index (χ0n) is 9.54. The Morgan fingerprint density at radius 2 is 1.89 bits per heavy atom. The van der Waals surface area contributed by atoms with Crippen LogP contribution in [0.15, 0.2) is 42.5 Å². The largest absolute Gasteiger partial charge is 0.321 e. The predicted molar refractivity (Wildman–Crippen MR) is 70.3 cm³/mol. The van der Waals surface area contributed by atoms with Gasteiger partial charge in [0.2, 0.25) is 0 Å². The number of nitrogens with one attached hydrogen (secondary N) is 1. The summed E-state index contributed by atoms with van der Waals surface area (Å²) < 4.78 is 0. The fraction of sp³-hybridized carbons (Fsp3) is 0. The molecule has 19 heavy (non-hydrogen) atoms. The molecule has 0 fully saturated rings. The van der Waals surface area contributed by atoms with Crippen LogP contribution in [0, 0.1) is 10.1 Å². The second kappa shape index (κ2) is 5.45. The van der Waals surface area contributed by atoms with E-state index in [2.05, 4.69) is 10.3 Å². The maximum absolute atomic E-state index is 11.8. The summed E-state index contributed by atoms with van der Waals surface area (Å²) in [5.41, 5.74) is 0.571. The van der Waals surface area contributed by atoms with Gasteiger partial charge in [0.1, 0.15) is 10.8 Å². The zero-order valence-corrected chi connectivity index (χ0v) is 10.3. The maximum atomic E-state index is 11.8. The van der Waals surface area contributed by atoms with Crippen molar-refractivity contribution in [1.29, 1.82) is 0 Å². The van der Waals surface area contributed by atoms with Crippen molar-refractivity contribution in [2.75, 3.05) is 5.32 Å². The Balaban J connectivity index is 2.13. The number of carbonyl (C=O) groups is 1. The normalized spacial score (nSPS) is 9.95. The Morgan fingerprint density at radius 3 is 2.47 bits per heavy atom. The number of halogens is 1. The second-order valence-corrected chi connectivity index (χ2v) is 3.99. The van der Waals surface area contributed by atoms with Gasteiger partial charge in [0.05, 0.1) is 4.92 Å². The molecular weight excluding hydrogens is 270 g/mol. The van der Waals surface area contributed by atoms with Crippen LogP contribution in [-0.4, -0.2) is 15.8 Å². The molecule has 6 nitrogen and oxygen atoms in total. The SMILES string of the molecule is O=C(Nc1ccc([N+](=O)[O-])cc1)c1cccc(Cl)n1. The highest BCUT2D eigenvalue weighted by Crippen LogP contribution is 2.16. The Morgan fingerprint density at radius 1 is 1.21 bits per heavy atom. The van der Waals surface area contributed by atoms with Gasteiger partial charge in [-0.1, -0.05) is 17.7 Å². The number of carbonyl (C=O) groups excluding carboxylic acids is 1. The van der Waals surface area contributed by atoms with E-state index in [1.54, 1.807) is 12.1 Å². The molecule has 1 aromatic carbocycles. The average molecular weight is 278 g/mol. The van der Waals surface area contributed by atoms with E-state index in [0.29, 0.717) is 5.69 Å². The summed E-state index contributed by atoms with van der Waals surface area (Å²) in [7, 11) is 0. The fourth-order valence-corrected chi connectivity index (χ4v) is 1.56. The Bertz CT molecular complexity index is 628. The summed E-state index contributed by atoms with van der Waals surface area (Å²) in [5.74, 6) is -0.434. The van der Waals surface area contributed by atoms with E-state index in [1.165, 1.54) is 30.3 Å². The van der Waals surface area contributed by atoms with Crippen LogP contribution in [0.1, 0.15) is 10.5 Å². The number of hydrogen-bond acceptors (Lipinski definition) is 4. The minimum atomic E-state index is -0.510. The highest BCUT2D eigenvalue weighted by molar-refractivity contribution is 6.29. The number of anilines is 1. The molecule has 0 bridgehead atoms. The summed E-state index contributed by atoms with van der Waals surface area (Å²) in [6.45, 7) is 0. The second-order valence-electron chi connectivity index (χ2n) is 3.60. The lowest BCUT2D eigenvalue weighted by atomic mass is 10.2. The number of amides is 1. The van der Waals surface area contributed by atoms with Gasteiger partial charge in [0, 0.05) is 17.8 Å². The van der Waals surface area contributed by atoms with E-state index in [9.17, 15) is 14.9 Å². The molecule has 1 heterocycles. The third-order valence-corrected chi connectivity index (χ3v) is 2.49. The number of nitrogens with zero attached hydrogens (tertiary/aromatic N) is 2. The standard InChI is InChI=1S/C12H8ClN3O3/c13-11-3-1-2-10(15-11)12(17)14-8-4-6-9(7-5-8)16(18)19/h1-7H,(H,14,17). The van der Waals surface area contributed by atoms with Gasteiger partial charge in [-0.05, 0) is 24.3 Å². The molecule has 2 rings (SSSR count). The molecule has 0 radical (unpaired) electrons. The van der Waals surface area contributed by atoms with Gasteiger partial charge >= 0.3 is 0 Å². The maximum Gasteiger partial charge on any atom is 0.274 e. The van der Waals surface area contributed by atoms with Crippen LogP contribution in [0.25, 0.3) is 0 Å². The third-order valence-electron chi connectivity index (χ3n) is 2.28. The number of non-ortho nitro benzene ring substituents is 1. The van der Waals surface area contributed by atoms with Crippen LogP contribution in [0.3, 0.4) is 0 Å². The third kappa shape index (κ3) is 3.26. The summed E-state index contributed by atoms with van der Waals surface area (Å²) in [6, 6.07) is 10.2. The van der Waals surface area contributed by atoms with E-state index in [-0.39, 0.29) is 16.5 Å². The Kier molecular flexibility index (Phi) is 3.72. The predicted octanol–water partition coefficient (Wildman–Crippen LogP) is 2.90. The molecule has 0 aliphatic carbocycles. The number of nitro groups is 1. The molecule has 0 atom stereocenters. The molecule has 1 aromatic heterocycles. The van der Waals surface area contributed by atoms with Crippen molar-refractivity contribution in [3.8, 4) is 0 Å². The highest BCUT2D eigenvalue weighted by atomic mass is 35.5. The summed E-state index contributed by atoms with van der Waals surface area (Å²) in [6.07, 6.45) is 0. The van der Waals surface area contributed by atoms with Crippen LogP contribution in [0.4, 0.5) is 11.4 Å². The lowest BCUT2D eigenvalue weighted by molar-refractivity contribution is -0.384. The van der Waals surface area contributed by atoms with Gasteiger partial charge in [-0.25, -0.2) is 4.98 Å². The van der Waals surface area contributed by atoms with Gasteiger partial charge < -0.3 is 5.32 Å². The molecule has 2 aromatic rings. The molecule has 7 heteroatoms. The lowest BCUT2D eigenvalue weighted by Crippen LogP contribution is -2.13. The smallest absolute Gasteiger partial charge is 0.274 e. The average Bonchev–Trinajstić information content (AvgIpc) is 2.39. The van der Waals surface area contributed by atoms with E-state index >= 15 is 0 Å². The number of benzene rings is 1. The van der Waals surface area contributed by atoms with E-state index in [4.69, 9.17) is 11.6 Å². The van der Waals surface area contributed by atoms with Crippen molar-refractivity contribution >= 4 is 28.9 Å². The first-order valence-electron chi connectivity index (χ1n) is 5.24. The molecule has 0 spiro atoms. The van der Waals surface area contributed by atoms with Gasteiger partial charge in [0.25, 0.3) is 11.6 Å². The summed E-state index contributed by atoms with van der Waals surface area (Å²) in [5, 5.41) is 13.3. The number of aromatic nitrogens is 1. The van der Waals surface area contributed by atoms with Crippen LogP contribution in [0.2, 0.25) is 5.15 Å². The first-order valence-corrected chi connectivity index (χ1v) is 5.62. The van der Waals surface area contributed by atoms with E-state index in [0.717, 1.165) is 0 Å². The lowest BCUT2D eigenvalue weighted by Gasteiger charge is -2.04. The first kappa shape index (κ1) is 13.0. The van der Waals surface area contributed by atoms with Crippen molar-refractivity contribution in [3.05, 3.63) is 63.4 Å². The van der Waals surface area contributed by atoms with Crippen LogP contribution in [0.5, 0.6) is 0 Å². The molecule has 1 amide bonds.